The number of amides is 2. The molecule has 0 radical (unpaired) electrons. The Morgan fingerprint density at radius 1 is 1.12 bits per heavy atom. The minimum Gasteiger partial charge on any atom is -0.376 e. The zero-order chi connectivity index (χ0) is 24.9. The van der Waals surface area contributed by atoms with Gasteiger partial charge in [-0.25, -0.2) is 4.31 Å². The lowest BCUT2D eigenvalue weighted by Gasteiger charge is -2.28. The van der Waals surface area contributed by atoms with Gasteiger partial charge in [-0.3, -0.25) is 9.59 Å². The van der Waals surface area contributed by atoms with Gasteiger partial charge in [-0.05, 0) is 56.0 Å². The average Bonchev–Trinajstić information content (AvgIpc) is 3.31. The molecule has 0 bridgehead atoms. The first-order chi connectivity index (χ1) is 16.1. The van der Waals surface area contributed by atoms with Gasteiger partial charge in [0.1, 0.15) is 6.54 Å². The number of carbonyl (C=O) groups excluding carboxylic acids is 2. The maximum absolute atomic E-state index is 13.1. The van der Waals surface area contributed by atoms with E-state index in [9.17, 15) is 18.0 Å². The molecule has 0 unspecified atom stereocenters. The van der Waals surface area contributed by atoms with Gasteiger partial charge >= 0.3 is 10.2 Å². The molecule has 9 nitrogen and oxygen atoms in total. The van der Waals surface area contributed by atoms with Gasteiger partial charge in [0.05, 0.1) is 23.0 Å². The van der Waals surface area contributed by atoms with Crippen molar-refractivity contribution in [1.29, 1.82) is 0 Å². The lowest BCUT2D eigenvalue weighted by Crippen LogP contribution is -2.44. The topological polar surface area (TPSA) is 108 Å². The summed E-state index contributed by atoms with van der Waals surface area (Å²) in [4.78, 5) is 25.8. The maximum Gasteiger partial charge on any atom is 0.304 e. The predicted octanol–water partition coefficient (Wildman–Crippen LogP) is 2.46. The molecule has 184 valence electrons. The van der Waals surface area contributed by atoms with Crippen LogP contribution in [0.5, 0.6) is 0 Å². The molecule has 1 aliphatic rings. The molecule has 0 aliphatic carbocycles. The Morgan fingerprint density at radius 3 is 2.53 bits per heavy atom. The van der Waals surface area contributed by atoms with Crippen LogP contribution in [0.15, 0.2) is 42.5 Å². The number of aryl methyl sites for hydroxylation is 2. The van der Waals surface area contributed by atoms with Crippen molar-refractivity contribution in [1.82, 2.24) is 9.62 Å². The molecule has 2 N–H and O–H groups in total. The Morgan fingerprint density at radius 2 is 1.85 bits per heavy atom. The number of nitrogens with zero attached hydrogens (tertiary/aromatic N) is 2. The van der Waals surface area contributed by atoms with Crippen LogP contribution in [-0.4, -0.2) is 64.4 Å². The molecule has 1 fully saturated rings. The molecule has 10 heteroatoms. The fraction of sp³-hybridized carbons (Fsp3) is 0.417. The number of anilines is 2. The van der Waals surface area contributed by atoms with Gasteiger partial charge in [-0.1, -0.05) is 24.3 Å². The molecule has 0 spiro atoms. The van der Waals surface area contributed by atoms with Gasteiger partial charge in [0.25, 0.3) is 5.91 Å². The highest BCUT2D eigenvalue weighted by Gasteiger charge is 2.29. The van der Waals surface area contributed by atoms with Crippen LogP contribution in [0.3, 0.4) is 0 Å². The zero-order valence-electron chi connectivity index (χ0n) is 20.0. The van der Waals surface area contributed by atoms with Gasteiger partial charge in [0.2, 0.25) is 5.91 Å². The number of hydrogen-bond acceptors (Lipinski definition) is 5. The van der Waals surface area contributed by atoms with Crippen molar-refractivity contribution >= 4 is 33.4 Å². The predicted molar refractivity (Wildman–Crippen MR) is 132 cm³/mol. The molecule has 2 aromatic carbocycles. The lowest BCUT2D eigenvalue weighted by molar-refractivity contribution is -0.114. The fourth-order valence-electron chi connectivity index (χ4n) is 3.69. The number of nitrogens with one attached hydrogen (secondary N) is 2. The van der Waals surface area contributed by atoms with Crippen LogP contribution in [-0.2, 0) is 19.7 Å². The van der Waals surface area contributed by atoms with Crippen molar-refractivity contribution in [2.75, 3.05) is 43.4 Å². The maximum atomic E-state index is 13.1. The van der Waals surface area contributed by atoms with E-state index in [2.05, 4.69) is 10.6 Å². The molecular weight excluding hydrogens is 456 g/mol. The zero-order valence-corrected chi connectivity index (χ0v) is 20.8. The molecule has 2 aromatic rings. The van der Waals surface area contributed by atoms with E-state index in [1.807, 2.05) is 19.1 Å². The Kier molecular flexibility index (Phi) is 8.29. The van der Waals surface area contributed by atoms with Gasteiger partial charge < -0.3 is 15.4 Å². The van der Waals surface area contributed by atoms with E-state index in [0.29, 0.717) is 30.1 Å². The molecule has 0 aromatic heterocycles. The molecule has 1 heterocycles. The number of para-hydroxylation sites is 1. The minimum atomic E-state index is -3.95. The number of benzene rings is 2. The number of hydrogen-bond donors (Lipinski definition) is 2. The smallest absolute Gasteiger partial charge is 0.304 e. The standard InChI is InChI=1S/C24H32N4O5S/c1-17-11-12-18(2)22(14-17)28(34(31,32)27(3)4)16-23(29)26-21-10-6-5-9-20(21)24(30)25-15-19-8-7-13-33-19/h5-6,9-12,14,19H,7-8,13,15-16H2,1-4H3,(H,25,30)(H,26,29)/t19-/m0/s1. The molecule has 2 amide bonds. The second-order valence-corrected chi connectivity index (χ2v) is 10.6. The van der Waals surface area contributed by atoms with Crippen molar-refractivity contribution in [2.24, 2.45) is 0 Å². The SMILES string of the molecule is Cc1ccc(C)c(N(CC(=O)Nc2ccccc2C(=O)NC[C@@H]2CCCO2)S(=O)(=O)N(C)C)c1. The summed E-state index contributed by atoms with van der Waals surface area (Å²) < 4.78 is 33.8. The van der Waals surface area contributed by atoms with Crippen molar-refractivity contribution in [3.8, 4) is 0 Å². The summed E-state index contributed by atoms with van der Waals surface area (Å²) in [6.07, 6.45) is 1.86. The quantitative estimate of drug-likeness (QED) is 0.564. The van der Waals surface area contributed by atoms with Gasteiger partial charge in [-0.15, -0.1) is 0 Å². The highest BCUT2D eigenvalue weighted by atomic mass is 32.2. The molecule has 34 heavy (non-hydrogen) atoms. The van der Waals surface area contributed by atoms with Crippen LogP contribution >= 0.6 is 0 Å². The fourth-order valence-corrected chi connectivity index (χ4v) is 4.81. The van der Waals surface area contributed by atoms with Gasteiger partial charge in [-0.2, -0.15) is 12.7 Å². The van der Waals surface area contributed by atoms with Crippen LogP contribution in [0.25, 0.3) is 0 Å². The van der Waals surface area contributed by atoms with Crippen LogP contribution in [0.1, 0.15) is 34.3 Å². The van der Waals surface area contributed by atoms with Crippen LogP contribution < -0.4 is 14.9 Å². The summed E-state index contributed by atoms with van der Waals surface area (Å²) in [6.45, 7) is 4.28. The summed E-state index contributed by atoms with van der Waals surface area (Å²) in [5, 5.41) is 5.55. The molecule has 0 saturated carbocycles. The average molecular weight is 489 g/mol. The Bertz CT molecular complexity index is 1140. The van der Waals surface area contributed by atoms with E-state index >= 15 is 0 Å². The van der Waals surface area contributed by atoms with E-state index < -0.39 is 22.7 Å². The summed E-state index contributed by atoms with van der Waals surface area (Å²) in [5.41, 5.74) is 2.61. The molecule has 1 aliphatic heterocycles. The van der Waals surface area contributed by atoms with Crippen molar-refractivity contribution in [3.63, 3.8) is 0 Å². The van der Waals surface area contributed by atoms with E-state index in [1.165, 1.54) is 14.1 Å². The second-order valence-electron chi connectivity index (χ2n) is 8.53. The van der Waals surface area contributed by atoms with E-state index in [4.69, 9.17) is 4.74 Å². The largest absolute Gasteiger partial charge is 0.376 e. The lowest BCUT2D eigenvalue weighted by atomic mass is 10.1. The first-order valence-corrected chi connectivity index (χ1v) is 12.6. The normalized spacial score (nSPS) is 15.9. The van der Waals surface area contributed by atoms with Crippen molar-refractivity contribution in [2.45, 2.75) is 32.8 Å². The monoisotopic (exact) mass is 488 g/mol. The highest BCUT2D eigenvalue weighted by Crippen LogP contribution is 2.25. The van der Waals surface area contributed by atoms with Crippen molar-refractivity contribution in [3.05, 3.63) is 59.2 Å². The third-order valence-corrected chi connectivity index (χ3v) is 7.43. The summed E-state index contributed by atoms with van der Waals surface area (Å²) >= 11 is 0. The number of ether oxygens (including phenoxy) is 1. The second kappa shape index (κ2) is 11.0. The van der Waals surface area contributed by atoms with Crippen LogP contribution in [0.4, 0.5) is 11.4 Å². The third kappa shape index (κ3) is 6.13. The molecule has 1 saturated heterocycles. The Hall–Kier alpha value is -2.95. The minimum absolute atomic E-state index is 0.00642. The molecular formula is C24H32N4O5S. The van der Waals surface area contributed by atoms with Gasteiger partial charge in [0, 0.05) is 27.2 Å². The Balaban J connectivity index is 1.80. The van der Waals surface area contributed by atoms with Crippen LogP contribution in [0, 0.1) is 13.8 Å². The first-order valence-electron chi connectivity index (χ1n) is 11.2. The first kappa shape index (κ1) is 25.7. The van der Waals surface area contributed by atoms with Gasteiger partial charge in [0.15, 0.2) is 0 Å². The number of rotatable bonds is 9. The Labute approximate surface area is 201 Å². The van der Waals surface area contributed by atoms with E-state index in [0.717, 1.165) is 32.6 Å². The van der Waals surface area contributed by atoms with Crippen LogP contribution in [0.2, 0.25) is 0 Å². The highest BCUT2D eigenvalue weighted by molar-refractivity contribution is 7.90. The third-order valence-electron chi connectivity index (χ3n) is 5.62. The molecule has 3 rings (SSSR count). The van der Waals surface area contributed by atoms with E-state index in [-0.39, 0.29) is 12.0 Å². The van der Waals surface area contributed by atoms with Crippen molar-refractivity contribution < 1.29 is 22.7 Å². The summed E-state index contributed by atoms with van der Waals surface area (Å²) in [5.74, 6) is -0.899. The number of carbonyl (C=O) groups is 2. The summed E-state index contributed by atoms with van der Waals surface area (Å²) in [6, 6.07) is 12.1. The summed E-state index contributed by atoms with van der Waals surface area (Å²) in [7, 11) is -1.12. The molecule has 1 atom stereocenters. The van der Waals surface area contributed by atoms with E-state index in [1.54, 1.807) is 37.3 Å².